The normalized spacial score (nSPS) is 16.0. The molecule has 1 rings (SSSR count). The summed E-state index contributed by atoms with van der Waals surface area (Å²) in [6, 6.07) is 9.34. The van der Waals surface area contributed by atoms with Gasteiger partial charge in [-0.1, -0.05) is 78.9 Å². The average molecular weight is 358 g/mol. The summed E-state index contributed by atoms with van der Waals surface area (Å²) in [5.74, 6) is -0.915. The van der Waals surface area contributed by atoms with Crippen molar-refractivity contribution in [1.29, 1.82) is 0 Å². The molecule has 0 spiro atoms. The third kappa shape index (κ3) is 9.74. The van der Waals surface area contributed by atoms with Gasteiger partial charge in [0.25, 0.3) is 0 Å². The molecule has 26 heavy (non-hydrogen) atoms. The lowest BCUT2D eigenvalue weighted by Crippen LogP contribution is -2.23. The number of allylic oxidation sites excluding steroid dienone is 6. The van der Waals surface area contributed by atoms with Crippen LogP contribution in [0.3, 0.4) is 0 Å². The molecule has 0 saturated heterocycles. The van der Waals surface area contributed by atoms with Crippen LogP contribution in [0.4, 0.5) is 0 Å². The molecule has 0 fully saturated rings. The van der Waals surface area contributed by atoms with Crippen molar-refractivity contribution in [2.24, 2.45) is 0 Å². The molecule has 0 aliphatic heterocycles. The summed E-state index contributed by atoms with van der Waals surface area (Å²) < 4.78 is 0. The molecule has 0 amide bonds. The fourth-order valence-corrected chi connectivity index (χ4v) is 2.13. The quantitative estimate of drug-likeness (QED) is 0.456. The minimum Gasteiger partial charge on any atom is -0.481 e. The maximum Gasteiger partial charge on any atom is 0.303 e. The first kappa shape index (κ1) is 21.6. The van der Waals surface area contributed by atoms with Gasteiger partial charge >= 0.3 is 5.97 Å². The number of hydrogen-bond donors (Lipinski definition) is 4. The average Bonchev–Trinajstić information content (AvgIpc) is 2.63. The summed E-state index contributed by atoms with van der Waals surface area (Å²) in [5.41, 5.74) is 0.825. The third-order valence-corrected chi connectivity index (χ3v) is 3.58. The Morgan fingerprint density at radius 2 is 1.46 bits per heavy atom. The van der Waals surface area contributed by atoms with E-state index in [1.165, 1.54) is 6.08 Å². The molecule has 0 saturated carbocycles. The van der Waals surface area contributed by atoms with Gasteiger partial charge in [0.15, 0.2) is 0 Å². The Kier molecular flexibility index (Phi) is 10.6. The van der Waals surface area contributed by atoms with Gasteiger partial charge in [0.2, 0.25) is 0 Å². The van der Waals surface area contributed by atoms with Gasteiger partial charge in [-0.3, -0.25) is 4.79 Å². The number of aliphatic carboxylic acids is 1. The molecule has 1 aromatic rings. The predicted molar refractivity (Wildman–Crippen MR) is 101 cm³/mol. The molecule has 5 nitrogen and oxygen atoms in total. The molecule has 140 valence electrons. The molecular formula is C21H26O5. The molecule has 0 aliphatic carbocycles. The van der Waals surface area contributed by atoms with Crippen LogP contribution in [0, 0.1) is 0 Å². The molecule has 3 atom stereocenters. The van der Waals surface area contributed by atoms with Crippen LogP contribution in [-0.4, -0.2) is 38.6 Å². The molecule has 1 aromatic carbocycles. The van der Waals surface area contributed by atoms with E-state index in [0.29, 0.717) is 6.42 Å². The molecule has 0 bridgehead atoms. The highest BCUT2D eigenvalue weighted by atomic mass is 16.4. The van der Waals surface area contributed by atoms with Crippen molar-refractivity contribution in [3.63, 3.8) is 0 Å². The number of carboxylic acid groups (broad SMARTS) is 1. The largest absolute Gasteiger partial charge is 0.481 e. The lowest BCUT2D eigenvalue weighted by Gasteiger charge is -2.13. The number of benzene rings is 1. The molecule has 0 radical (unpaired) electrons. The van der Waals surface area contributed by atoms with Crippen LogP contribution in [0.15, 0.2) is 78.9 Å². The Hall–Kier alpha value is -2.47. The van der Waals surface area contributed by atoms with Crippen LogP contribution in [0.2, 0.25) is 0 Å². The second-order valence-corrected chi connectivity index (χ2v) is 5.74. The second kappa shape index (κ2) is 12.8. The lowest BCUT2D eigenvalue weighted by atomic mass is 10.1. The summed E-state index contributed by atoms with van der Waals surface area (Å²) in [6.45, 7) is 0. The number of aliphatic hydroxyl groups excluding tert-OH is 3. The van der Waals surface area contributed by atoms with E-state index in [-0.39, 0.29) is 12.8 Å². The van der Waals surface area contributed by atoms with E-state index in [4.69, 9.17) is 5.11 Å². The molecule has 4 N–H and O–H groups in total. The first-order valence-electron chi connectivity index (χ1n) is 8.50. The van der Waals surface area contributed by atoms with E-state index in [1.807, 2.05) is 30.3 Å². The number of carbonyl (C=O) groups is 1. The van der Waals surface area contributed by atoms with Crippen molar-refractivity contribution >= 4 is 5.97 Å². The van der Waals surface area contributed by atoms with E-state index < -0.39 is 24.3 Å². The number of rotatable bonds is 11. The minimum atomic E-state index is -1.03. The van der Waals surface area contributed by atoms with Crippen LogP contribution in [0.25, 0.3) is 0 Å². The summed E-state index contributed by atoms with van der Waals surface area (Å²) in [5, 5.41) is 37.9. The highest BCUT2D eigenvalue weighted by molar-refractivity contribution is 5.66. The fraction of sp³-hybridized carbons (Fsp3) is 0.286. The summed E-state index contributed by atoms with van der Waals surface area (Å²) >= 11 is 0. The Labute approximate surface area is 153 Å². The Bertz CT molecular complexity index is 631. The maximum absolute atomic E-state index is 10.4. The third-order valence-electron chi connectivity index (χ3n) is 3.58. The lowest BCUT2D eigenvalue weighted by molar-refractivity contribution is -0.137. The summed E-state index contributed by atoms with van der Waals surface area (Å²) in [6.07, 6.45) is 11.3. The highest BCUT2D eigenvalue weighted by Gasteiger charge is 2.12. The fourth-order valence-electron chi connectivity index (χ4n) is 2.13. The molecule has 0 aliphatic rings. The highest BCUT2D eigenvalue weighted by Crippen LogP contribution is 2.12. The van der Waals surface area contributed by atoms with Gasteiger partial charge in [0.1, 0.15) is 0 Å². The van der Waals surface area contributed by atoms with Crippen molar-refractivity contribution in [1.82, 2.24) is 0 Å². The van der Waals surface area contributed by atoms with E-state index >= 15 is 0 Å². The van der Waals surface area contributed by atoms with E-state index in [1.54, 1.807) is 42.5 Å². The van der Waals surface area contributed by atoms with Crippen LogP contribution in [-0.2, 0) is 4.79 Å². The second-order valence-electron chi connectivity index (χ2n) is 5.74. The molecular weight excluding hydrogens is 332 g/mol. The Morgan fingerprint density at radius 3 is 2.08 bits per heavy atom. The van der Waals surface area contributed by atoms with Gasteiger partial charge in [-0.25, -0.2) is 0 Å². The van der Waals surface area contributed by atoms with Crippen molar-refractivity contribution in [3.8, 4) is 0 Å². The molecule has 0 aromatic heterocycles. The van der Waals surface area contributed by atoms with Crippen LogP contribution < -0.4 is 0 Å². The predicted octanol–water partition coefficient (Wildman–Crippen LogP) is 2.92. The smallest absolute Gasteiger partial charge is 0.303 e. The van der Waals surface area contributed by atoms with E-state index in [2.05, 4.69) is 0 Å². The number of hydrogen-bond acceptors (Lipinski definition) is 4. The van der Waals surface area contributed by atoms with Gasteiger partial charge in [-0.05, 0) is 18.4 Å². The van der Waals surface area contributed by atoms with E-state index in [0.717, 1.165) is 5.56 Å². The zero-order valence-corrected chi connectivity index (χ0v) is 14.6. The van der Waals surface area contributed by atoms with Crippen molar-refractivity contribution in [2.75, 3.05) is 0 Å². The SMILES string of the molecule is O=C(O)CCCC(O)C(O)/C=C/C=C/C=C/C=C/C(O)c1ccccc1. The number of aliphatic hydroxyl groups is 3. The summed E-state index contributed by atoms with van der Waals surface area (Å²) in [7, 11) is 0. The van der Waals surface area contributed by atoms with Crippen LogP contribution in [0.1, 0.15) is 30.9 Å². The minimum absolute atomic E-state index is 0.0231. The van der Waals surface area contributed by atoms with Gasteiger partial charge in [-0.2, -0.15) is 0 Å². The topological polar surface area (TPSA) is 98.0 Å². The standard InChI is InChI=1S/C21H26O5/c22-18(17-11-6-5-7-12-17)13-8-3-1-2-4-9-14-19(23)20(24)15-10-16-21(25)26/h1-9,11-14,18-20,22-24H,10,15-16H2,(H,25,26)/b3-1+,4-2+,13-8+,14-9+. The molecule has 5 heteroatoms. The first-order chi connectivity index (χ1) is 12.5. The molecule has 3 unspecified atom stereocenters. The Morgan fingerprint density at radius 1 is 0.885 bits per heavy atom. The maximum atomic E-state index is 10.4. The van der Waals surface area contributed by atoms with Crippen molar-refractivity contribution < 1.29 is 25.2 Å². The van der Waals surface area contributed by atoms with Gasteiger partial charge in [-0.15, -0.1) is 0 Å². The van der Waals surface area contributed by atoms with Gasteiger partial charge in [0, 0.05) is 6.42 Å². The van der Waals surface area contributed by atoms with E-state index in [9.17, 15) is 20.1 Å². The Balaban J connectivity index is 2.30. The zero-order valence-electron chi connectivity index (χ0n) is 14.6. The van der Waals surface area contributed by atoms with Crippen molar-refractivity contribution in [3.05, 3.63) is 84.5 Å². The summed E-state index contributed by atoms with van der Waals surface area (Å²) in [4.78, 5) is 10.4. The zero-order chi connectivity index (χ0) is 19.2. The van der Waals surface area contributed by atoms with Gasteiger partial charge < -0.3 is 20.4 Å². The first-order valence-corrected chi connectivity index (χ1v) is 8.50. The monoisotopic (exact) mass is 358 g/mol. The van der Waals surface area contributed by atoms with Crippen LogP contribution in [0.5, 0.6) is 0 Å². The molecule has 0 heterocycles. The van der Waals surface area contributed by atoms with Crippen LogP contribution >= 0.6 is 0 Å². The van der Waals surface area contributed by atoms with Gasteiger partial charge in [0.05, 0.1) is 18.3 Å². The van der Waals surface area contributed by atoms with Crippen molar-refractivity contribution in [2.45, 2.75) is 37.6 Å². The number of carboxylic acids is 1.